The first-order valence-electron chi connectivity index (χ1n) is 4.74. The van der Waals surface area contributed by atoms with Gasteiger partial charge in [0.25, 0.3) is 0 Å². The second-order valence-electron chi connectivity index (χ2n) is 3.63. The van der Waals surface area contributed by atoms with Crippen molar-refractivity contribution in [1.82, 2.24) is 9.97 Å². The summed E-state index contributed by atoms with van der Waals surface area (Å²) < 4.78 is 21.9. The van der Waals surface area contributed by atoms with E-state index in [9.17, 15) is 13.2 Å². The van der Waals surface area contributed by atoms with Crippen LogP contribution in [0.5, 0.6) is 0 Å². The van der Waals surface area contributed by atoms with Crippen molar-refractivity contribution in [2.75, 3.05) is 30.5 Å². The Labute approximate surface area is 99.0 Å². The van der Waals surface area contributed by atoms with Crippen LogP contribution in [0.15, 0.2) is 12.4 Å². The lowest BCUT2D eigenvalue weighted by Gasteiger charge is -2.15. The standard InChI is InChI=1S/C9H13N3O4S/c1-12(3-4-17(2,15)16)9-10-5-7(6-11-9)8(13)14/h5-6H,3-4H2,1-2H3,(H,13,14). The summed E-state index contributed by atoms with van der Waals surface area (Å²) in [4.78, 5) is 19.8. The third-order valence-corrected chi connectivity index (χ3v) is 2.95. The maximum atomic E-state index is 11.0. The molecule has 0 atom stereocenters. The average Bonchev–Trinajstić information content (AvgIpc) is 2.25. The lowest BCUT2D eigenvalue weighted by molar-refractivity contribution is 0.0696. The molecular weight excluding hydrogens is 246 g/mol. The van der Waals surface area contributed by atoms with Gasteiger partial charge in [-0.2, -0.15) is 0 Å². The number of hydrogen-bond donors (Lipinski definition) is 1. The number of carbonyl (C=O) groups is 1. The van der Waals surface area contributed by atoms with E-state index in [1.807, 2.05) is 0 Å². The van der Waals surface area contributed by atoms with Crippen molar-refractivity contribution in [2.45, 2.75) is 0 Å². The molecule has 0 fully saturated rings. The van der Waals surface area contributed by atoms with Crippen molar-refractivity contribution in [3.05, 3.63) is 18.0 Å². The fraction of sp³-hybridized carbons (Fsp3) is 0.444. The molecule has 0 radical (unpaired) electrons. The van der Waals surface area contributed by atoms with Gasteiger partial charge in [-0.3, -0.25) is 0 Å². The second-order valence-corrected chi connectivity index (χ2v) is 5.89. The number of hydrogen-bond acceptors (Lipinski definition) is 6. The number of sulfone groups is 1. The van der Waals surface area contributed by atoms with Crippen LogP contribution >= 0.6 is 0 Å². The van der Waals surface area contributed by atoms with Gasteiger partial charge in [0.05, 0.1) is 11.3 Å². The van der Waals surface area contributed by atoms with E-state index in [2.05, 4.69) is 9.97 Å². The summed E-state index contributed by atoms with van der Waals surface area (Å²) in [5, 5.41) is 8.65. The number of carboxylic acids is 1. The minimum atomic E-state index is -3.04. The maximum absolute atomic E-state index is 11.0. The van der Waals surface area contributed by atoms with Crippen LogP contribution in [0.1, 0.15) is 10.4 Å². The molecule has 0 aliphatic heterocycles. The topological polar surface area (TPSA) is 100 Å². The highest BCUT2D eigenvalue weighted by Crippen LogP contribution is 2.05. The first-order chi connectivity index (χ1) is 7.79. The monoisotopic (exact) mass is 259 g/mol. The van der Waals surface area contributed by atoms with Crippen molar-refractivity contribution in [3.63, 3.8) is 0 Å². The molecule has 0 amide bonds. The quantitative estimate of drug-likeness (QED) is 0.771. The van der Waals surface area contributed by atoms with Crippen LogP contribution in [0.3, 0.4) is 0 Å². The van der Waals surface area contributed by atoms with Crippen LogP contribution in [0.25, 0.3) is 0 Å². The molecule has 8 heteroatoms. The molecule has 0 aliphatic rings. The number of rotatable bonds is 5. The van der Waals surface area contributed by atoms with Crippen molar-refractivity contribution >= 4 is 21.8 Å². The highest BCUT2D eigenvalue weighted by atomic mass is 32.2. The summed E-state index contributed by atoms with van der Waals surface area (Å²) in [7, 11) is -1.40. The second kappa shape index (κ2) is 5.09. The number of aromatic carboxylic acids is 1. The van der Waals surface area contributed by atoms with Gasteiger partial charge in [-0.25, -0.2) is 23.2 Å². The summed E-state index contributed by atoms with van der Waals surface area (Å²) in [6.07, 6.45) is 3.51. The smallest absolute Gasteiger partial charge is 0.338 e. The van der Waals surface area contributed by atoms with Crippen LogP contribution in [0, 0.1) is 0 Å². The first-order valence-corrected chi connectivity index (χ1v) is 6.80. The van der Waals surface area contributed by atoms with Crippen LogP contribution in [-0.2, 0) is 9.84 Å². The number of nitrogens with zero attached hydrogens (tertiary/aromatic N) is 3. The largest absolute Gasteiger partial charge is 0.478 e. The Balaban J connectivity index is 2.70. The zero-order valence-electron chi connectivity index (χ0n) is 9.49. The summed E-state index contributed by atoms with van der Waals surface area (Å²) in [5.41, 5.74) is -0.00902. The van der Waals surface area contributed by atoms with E-state index in [-0.39, 0.29) is 17.9 Å². The van der Waals surface area contributed by atoms with E-state index in [1.54, 1.807) is 11.9 Å². The molecular formula is C9H13N3O4S. The van der Waals surface area contributed by atoms with Crippen LogP contribution in [0.4, 0.5) is 5.95 Å². The number of anilines is 1. The van der Waals surface area contributed by atoms with E-state index < -0.39 is 15.8 Å². The fourth-order valence-electron chi connectivity index (χ4n) is 1.03. The van der Waals surface area contributed by atoms with Crippen LogP contribution in [0.2, 0.25) is 0 Å². The van der Waals surface area contributed by atoms with Gasteiger partial charge in [-0.1, -0.05) is 0 Å². The van der Waals surface area contributed by atoms with E-state index in [0.717, 1.165) is 6.26 Å². The third kappa shape index (κ3) is 4.35. The van der Waals surface area contributed by atoms with Gasteiger partial charge in [0.2, 0.25) is 5.95 Å². The molecule has 0 spiro atoms. The molecule has 0 bridgehead atoms. The Morgan fingerprint density at radius 3 is 2.35 bits per heavy atom. The molecule has 7 nitrogen and oxygen atoms in total. The normalized spacial score (nSPS) is 11.2. The van der Waals surface area contributed by atoms with Gasteiger partial charge in [-0.15, -0.1) is 0 Å². The minimum absolute atomic E-state index is 0.00641. The Morgan fingerprint density at radius 2 is 1.94 bits per heavy atom. The molecule has 1 N–H and O–H groups in total. The highest BCUT2D eigenvalue weighted by molar-refractivity contribution is 7.90. The first kappa shape index (κ1) is 13.4. The van der Waals surface area contributed by atoms with Crippen molar-refractivity contribution in [3.8, 4) is 0 Å². The van der Waals surface area contributed by atoms with Gasteiger partial charge >= 0.3 is 5.97 Å². The number of carboxylic acid groups (broad SMARTS) is 1. The predicted molar refractivity (Wildman–Crippen MR) is 62.0 cm³/mol. The molecule has 1 aromatic heterocycles. The van der Waals surface area contributed by atoms with Crippen molar-refractivity contribution < 1.29 is 18.3 Å². The average molecular weight is 259 g/mol. The Kier molecular flexibility index (Phi) is 4.00. The minimum Gasteiger partial charge on any atom is -0.478 e. The predicted octanol–water partition coefficient (Wildman–Crippen LogP) is -0.344. The molecule has 94 valence electrons. The SMILES string of the molecule is CN(CCS(C)(=O)=O)c1ncc(C(=O)O)cn1. The zero-order valence-corrected chi connectivity index (χ0v) is 10.3. The van der Waals surface area contributed by atoms with E-state index >= 15 is 0 Å². The van der Waals surface area contributed by atoms with Gasteiger partial charge in [0, 0.05) is 32.2 Å². The molecule has 0 saturated heterocycles. The van der Waals surface area contributed by atoms with E-state index in [1.165, 1.54) is 12.4 Å². The van der Waals surface area contributed by atoms with E-state index in [4.69, 9.17) is 5.11 Å². The maximum Gasteiger partial charge on any atom is 0.338 e. The molecule has 1 aromatic rings. The van der Waals surface area contributed by atoms with E-state index in [0.29, 0.717) is 5.95 Å². The summed E-state index contributed by atoms with van der Waals surface area (Å²) >= 11 is 0. The molecule has 0 aromatic carbocycles. The summed E-state index contributed by atoms with van der Waals surface area (Å²) in [6.45, 7) is 0.255. The fourth-order valence-corrected chi connectivity index (χ4v) is 1.64. The third-order valence-electron chi connectivity index (χ3n) is 2.02. The Bertz CT molecular complexity index is 497. The zero-order chi connectivity index (χ0) is 13.1. The summed E-state index contributed by atoms with van der Waals surface area (Å²) in [6, 6.07) is 0. The molecule has 1 rings (SSSR count). The van der Waals surface area contributed by atoms with Crippen molar-refractivity contribution in [1.29, 1.82) is 0 Å². The lowest BCUT2D eigenvalue weighted by atomic mass is 10.3. The van der Waals surface area contributed by atoms with Gasteiger partial charge < -0.3 is 10.0 Å². The van der Waals surface area contributed by atoms with Crippen LogP contribution in [-0.4, -0.2) is 55.1 Å². The molecule has 0 unspecified atom stereocenters. The Hall–Kier alpha value is -1.70. The van der Waals surface area contributed by atoms with Crippen LogP contribution < -0.4 is 4.90 Å². The molecule has 0 saturated carbocycles. The lowest BCUT2D eigenvalue weighted by Crippen LogP contribution is -2.26. The summed E-state index contributed by atoms with van der Waals surface area (Å²) in [5.74, 6) is -0.818. The molecule has 0 aliphatic carbocycles. The molecule has 17 heavy (non-hydrogen) atoms. The van der Waals surface area contributed by atoms with Gasteiger partial charge in [-0.05, 0) is 0 Å². The van der Waals surface area contributed by atoms with Gasteiger partial charge in [0.1, 0.15) is 9.84 Å². The Morgan fingerprint density at radius 1 is 1.41 bits per heavy atom. The van der Waals surface area contributed by atoms with Gasteiger partial charge in [0.15, 0.2) is 0 Å². The molecule has 1 heterocycles. The highest BCUT2D eigenvalue weighted by Gasteiger charge is 2.10. The van der Waals surface area contributed by atoms with Crippen molar-refractivity contribution in [2.24, 2.45) is 0 Å². The number of aromatic nitrogens is 2.